The summed E-state index contributed by atoms with van der Waals surface area (Å²) < 4.78 is 0. The van der Waals surface area contributed by atoms with Crippen molar-refractivity contribution in [3.63, 3.8) is 0 Å². The van der Waals surface area contributed by atoms with Gasteiger partial charge in [-0.25, -0.2) is 4.98 Å². The van der Waals surface area contributed by atoms with Crippen LogP contribution >= 0.6 is 0 Å². The SMILES string of the molecule is Nc1cccc(-c2c(CN3CCCCC3CCO)[nH]c3ncccc23)c1. The van der Waals surface area contributed by atoms with E-state index in [1.54, 1.807) is 0 Å². The lowest BCUT2D eigenvalue weighted by Gasteiger charge is -2.35. The lowest BCUT2D eigenvalue weighted by atomic mass is 9.97. The number of aromatic amines is 1. The Hall–Kier alpha value is -2.37. The molecule has 3 heterocycles. The molecular formula is C21H26N4O. The van der Waals surface area contributed by atoms with Crippen LogP contribution in [0.25, 0.3) is 22.2 Å². The highest BCUT2D eigenvalue weighted by molar-refractivity contribution is 5.96. The summed E-state index contributed by atoms with van der Waals surface area (Å²) in [6, 6.07) is 12.6. The van der Waals surface area contributed by atoms with Crippen molar-refractivity contribution in [3.05, 3.63) is 48.3 Å². The van der Waals surface area contributed by atoms with Gasteiger partial charge in [-0.3, -0.25) is 4.90 Å². The summed E-state index contributed by atoms with van der Waals surface area (Å²) in [5.41, 5.74) is 11.2. The van der Waals surface area contributed by atoms with Crippen LogP contribution in [0.5, 0.6) is 0 Å². The van der Waals surface area contributed by atoms with Gasteiger partial charge in [0.05, 0.1) is 0 Å². The van der Waals surface area contributed by atoms with Gasteiger partial charge >= 0.3 is 0 Å². The van der Waals surface area contributed by atoms with Crippen molar-refractivity contribution < 1.29 is 5.11 Å². The number of aliphatic hydroxyl groups excluding tert-OH is 1. The Morgan fingerprint density at radius 3 is 3.00 bits per heavy atom. The first-order valence-electron chi connectivity index (χ1n) is 9.42. The number of nitrogens with zero attached hydrogens (tertiary/aromatic N) is 2. The van der Waals surface area contributed by atoms with Gasteiger partial charge in [-0.1, -0.05) is 18.6 Å². The van der Waals surface area contributed by atoms with Crippen LogP contribution in [0.2, 0.25) is 0 Å². The number of anilines is 1. The first kappa shape index (κ1) is 17.1. The van der Waals surface area contributed by atoms with Crippen molar-refractivity contribution in [3.8, 4) is 11.1 Å². The van der Waals surface area contributed by atoms with Crippen molar-refractivity contribution in [1.29, 1.82) is 0 Å². The zero-order valence-electron chi connectivity index (χ0n) is 15.0. The maximum absolute atomic E-state index is 9.42. The molecule has 5 heteroatoms. The molecule has 3 aromatic rings. The number of hydrogen-bond acceptors (Lipinski definition) is 4. The number of pyridine rings is 1. The predicted octanol–water partition coefficient (Wildman–Crippen LogP) is 3.55. The molecule has 26 heavy (non-hydrogen) atoms. The second-order valence-corrected chi connectivity index (χ2v) is 7.14. The van der Waals surface area contributed by atoms with Gasteiger partial charge in [0.15, 0.2) is 0 Å². The van der Waals surface area contributed by atoms with E-state index in [4.69, 9.17) is 5.73 Å². The molecule has 0 spiro atoms. The largest absolute Gasteiger partial charge is 0.399 e. The smallest absolute Gasteiger partial charge is 0.138 e. The average Bonchev–Trinajstić information content (AvgIpc) is 3.01. The van der Waals surface area contributed by atoms with E-state index >= 15 is 0 Å². The van der Waals surface area contributed by atoms with Crippen LogP contribution in [0.15, 0.2) is 42.6 Å². The van der Waals surface area contributed by atoms with E-state index in [1.807, 2.05) is 30.5 Å². The third-order valence-corrected chi connectivity index (χ3v) is 5.40. The van der Waals surface area contributed by atoms with E-state index in [0.717, 1.165) is 48.2 Å². The number of aromatic nitrogens is 2. The van der Waals surface area contributed by atoms with Crippen molar-refractivity contribution in [2.24, 2.45) is 0 Å². The molecule has 136 valence electrons. The molecule has 1 aliphatic rings. The molecule has 0 amide bonds. The molecule has 0 radical (unpaired) electrons. The molecule has 0 bridgehead atoms. The number of likely N-dealkylation sites (tertiary alicyclic amines) is 1. The maximum Gasteiger partial charge on any atom is 0.138 e. The minimum absolute atomic E-state index is 0.248. The molecule has 4 N–H and O–H groups in total. The summed E-state index contributed by atoms with van der Waals surface area (Å²) in [5, 5.41) is 10.6. The summed E-state index contributed by atoms with van der Waals surface area (Å²) in [6.07, 6.45) is 6.28. The Morgan fingerprint density at radius 2 is 2.15 bits per heavy atom. The molecule has 1 aliphatic heterocycles. The van der Waals surface area contributed by atoms with Gasteiger partial charge in [0.2, 0.25) is 0 Å². The Balaban J connectivity index is 1.76. The minimum Gasteiger partial charge on any atom is -0.399 e. The Morgan fingerprint density at radius 1 is 1.23 bits per heavy atom. The van der Waals surface area contributed by atoms with E-state index in [0.29, 0.717) is 6.04 Å². The monoisotopic (exact) mass is 350 g/mol. The van der Waals surface area contributed by atoms with Gasteiger partial charge in [-0.15, -0.1) is 0 Å². The molecule has 4 rings (SSSR count). The molecule has 2 aromatic heterocycles. The highest BCUT2D eigenvalue weighted by Crippen LogP contribution is 2.34. The van der Waals surface area contributed by atoms with Crippen LogP contribution in [0.3, 0.4) is 0 Å². The summed E-state index contributed by atoms with van der Waals surface area (Å²) in [5.74, 6) is 0. The maximum atomic E-state index is 9.42. The van der Waals surface area contributed by atoms with E-state index < -0.39 is 0 Å². The number of benzene rings is 1. The third kappa shape index (κ3) is 3.32. The second kappa shape index (κ2) is 7.48. The van der Waals surface area contributed by atoms with E-state index in [9.17, 15) is 5.11 Å². The van der Waals surface area contributed by atoms with E-state index in [1.165, 1.54) is 24.1 Å². The van der Waals surface area contributed by atoms with Crippen molar-refractivity contribution >= 4 is 16.7 Å². The Labute approximate surface area is 153 Å². The highest BCUT2D eigenvalue weighted by atomic mass is 16.3. The number of nitrogens with one attached hydrogen (secondary N) is 1. The van der Waals surface area contributed by atoms with Crippen LogP contribution in [0.1, 0.15) is 31.4 Å². The molecule has 0 aliphatic carbocycles. The molecule has 1 fully saturated rings. The van der Waals surface area contributed by atoms with Gasteiger partial charge < -0.3 is 15.8 Å². The Kier molecular flexibility index (Phi) is 4.91. The molecule has 1 atom stereocenters. The fourth-order valence-electron chi connectivity index (χ4n) is 4.16. The lowest BCUT2D eigenvalue weighted by Crippen LogP contribution is -2.39. The van der Waals surface area contributed by atoms with Crippen molar-refractivity contribution in [1.82, 2.24) is 14.9 Å². The minimum atomic E-state index is 0.248. The summed E-state index contributed by atoms with van der Waals surface area (Å²) in [6.45, 7) is 2.16. The quantitative estimate of drug-likeness (QED) is 0.615. The number of nitrogen functional groups attached to an aromatic ring is 1. The zero-order chi connectivity index (χ0) is 17.9. The number of piperidine rings is 1. The molecule has 1 saturated heterocycles. The van der Waals surface area contributed by atoms with Gasteiger partial charge in [0.25, 0.3) is 0 Å². The second-order valence-electron chi connectivity index (χ2n) is 7.14. The predicted molar refractivity (Wildman–Crippen MR) is 106 cm³/mol. The summed E-state index contributed by atoms with van der Waals surface area (Å²) >= 11 is 0. The number of H-pyrrole nitrogens is 1. The molecule has 1 aromatic carbocycles. The highest BCUT2D eigenvalue weighted by Gasteiger charge is 2.24. The topological polar surface area (TPSA) is 78.2 Å². The van der Waals surface area contributed by atoms with E-state index in [-0.39, 0.29) is 6.61 Å². The first-order valence-corrected chi connectivity index (χ1v) is 9.42. The average molecular weight is 350 g/mol. The molecule has 0 saturated carbocycles. The number of fused-ring (bicyclic) bond motifs is 1. The van der Waals surface area contributed by atoms with Gasteiger partial charge in [0.1, 0.15) is 5.65 Å². The lowest BCUT2D eigenvalue weighted by molar-refractivity contribution is 0.111. The van der Waals surface area contributed by atoms with Crippen LogP contribution < -0.4 is 5.73 Å². The van der Waals surface area contributed by atoms with Gasteiger partial charge in [-0.05, 0) is 55.6 Å². The molecule has 1 unspecified atom stereocenters. The normalized spacial score (nSPS) is 18.4. The zero-order valence-corrected chi connectivity index (χ0v) is 15.0. The number of nitrogens with two attached hydrogens (primary N) is 1. The number of aliphatic hydroxyl groups is 1. The Bertz CT molecular complexity index is 887. The van der Waals surface area contributed by atoms with Gasteiger partial charge in [-0.2, -0.15) is 0 Å². The number of hydrogen-bond donors (Lipinski definition) is 3. The summed E-state index contributed by atoms with van der Waals surface area (Å²) in [7, 11) is 0. The van der Waals surface area contributed by atoms with Crippen LogP contribution in [-0.4, -0.2) is 39.2 Å². The fourth-order valence-corrected chi connectivity index (χ4v) is 4.16. The van der Waals surface area contributed by atoms with Crippen molar-refractivity contribution in [2.45, 2.75) is 38.3 Å². The number of rotatable bonds is 5. The van der Waals surface area contributed by atoms with Crippen LogP contribution in [0.4, 0.5) is 5.69 Å². The summed E-state index contributed by atoms with van der Waals surface area (Å²) in [4.78, 5) is 10.5. The van der Waals surface area contributed by atoms with E-state index in [2.05, 4.69) is 27.0 Å². The van der Waals surface area contributed by atoms with Crippen LogP contribution in [0, 0.1) is 0 Å². The molecule has 5 nitrogen and oxygen atoms in total. The fraction of sp³-hybridized carbons (Fsp3) is 0.381. The molecular weight excluding hydrogens is 324 g/mol. The van der Waals surface area contributed by atoms with Crippen molar-refractivity contribution in [2.75, 3.05) is 18.9 Å². The third-order valence-electron chi connectivity index (χ3n) is 5.40. The van der Waals surface area contributed by atoms with Gasteiger partial charge in [0, 0.05) is 47.7 Å². The standard InChI is InChI=1S/C21H26N4O/c22-16-6-3-5-15(13-16)20-18-8-4-10-23-21(18)24-19(20)14-25-11-2-1-7-17(25)9-12-26/h3-6,8,10,13,17,26H,1-2,7,9,11-12,14,22H2,(H,23,24). The first-order chi connectivity index (χ1) is 12.8. The van der Waals surface area contributed by atoms with Crippen LogP contribution in [-0.2, 0) is 6.54 Å².